The third kappa shape index (κ3) is 9.94. The zero-order valence-electron chi connectivity index (χ0n) is 19.1. The van der Waals surface area contributed by atoms with Crippen molar-refractivity contribution in [2.24, 2.45) is 22.7 Å². The molecule has 0 spiro atoms. The molecule has 6 nitrogen and oxygen atoms in total. The van der Waals surface area contributed by atoms with Crippen LogP contribution in [0.2, 0.25) is 0 Å². The molecule has 8 heteroatoms. The number of carbonyl (C=O) groups excluding carboxylic acids is 1. The Morgan fingerprint density at radius 2 is 1.87 bits per heavy atom. The van der Waals surface area contributed by atoms with Crippen LogP contribution >= 0.6 is 35.7 Å². The summed E-state index contributed by atoms with van der Waals surface area (Å²) >= 11 is 1.95. The first kappa shape index (κ1) is 27.8. The average molecular weight is 555 g/mol. The standard InChI is InChI=1S/C22H42N4O2S.HI/c1-4-23-22(24-16-18(9-12-27)15-17(2)3)25-20-7-5-19(6-8-20)21(28)26-10-13-29-14-11-26;/h17-20,27H,4-16H2,1-3H3,(H2,23,24,25);1H. The Kier molecular flexibility index (Phi) is 14.4. The normalized spacial score (nSPS) is 23.6. The van der Waals surface area contributed by atoms with Gasteiger partial charge >= 0.3 is 0 Å². The predicted octanol–water partition coefficient (Wildman–Crippen LogP) is 3.34. The third-order valence-electron chi connectivity index (χ3n) is 5.93. The van der Waals surface area contributed by atoms with Crippen molar-refractivity contribution in [3.05, 3.63) is 0 Å². The van der Waals surface area contributed by atoms with Crippen LogP contribution in [0, 0.1) is 17.8 Å². The van der Waals surface area contributed by atoms with Crippen LogP contribution in [-0.4, -0.2) is 72.2 Å². The lowest BCUT2D eigenvalue weighted by atomic mass is 9.85. The summed E-state index contributed by atoms with van der Waals surface area (Å²) in [5, 5.41) is 16.3. The number of guanidine groups is 1. The number of hydrogen-bond donors (Lipinski definition) is 3. The highest BCUT2D eigenvalue weighted by Crippen LogP contribution is 2.27. The lowest BCUT2D eigenvalue weighted by Crippen LogP contribution is -2.47. The van der Waals surface area contributed by atoms with Crippen LogP contribution < -0.4 is 10.6 Å². The molecule has 1 heterocycles. The highest BCUT2D eigenvalue weighted by Gasteiger charge is 2.30. The molecular formula is C22H43IN4O2S. The van der Waals surface area contributed by atoms with E-state index in [4.69, 9.17) is 4.99 Å². The number of thioether (sulfide) groups is 1. The molecule has 30 heavy (non-hydrogen) atoms. The topological polar surface area (TPSA) is 77.0 Å². The monoisotopic (exact) mass is 554 g/mol. The van der Waals surface area contributed by atoms with E-state index in [0.717, 1.165) is 82.2 Å². The number of nitrogens with zero attached hydrogens (tertiary/aromatic N) is 2. The number of amides is 1. The summed E-state index contributed by atoms with van der Waals surface area (Å²) in [5.74, 6) is 4.66. The highest BCUT2D eigenvalue weighted by molar-refractivity contribution is 14.0. The fourth-order valence-corrected chi connectivity index (χ4v) is 5.30. The number of nitrogens with one attached hydrogen (secondary N) is 2. The van der Waals surface area contributed by atoms with Gasteiger partial charge in [-0.1, -0.05) is 13.8 Å². The van der Waals surface area contributed by atoms with Gasteiger partial charge in [-0.15, -0.1) is 24.0 Å². The van der Waals surface area contributed by atoms with Gasteiger partial charge in [-0.2, -0.15) is 11.8 Å². The fraction of sp³-hybridized carbons (Fsp3) is 0.909. The van der Waals surface area contributed by atoms with Crippen molar-refractivity contribution in [2.45, 2.75) is 65.3 Å². The van der Waals surface area contributed by atoms with Crippen LogP contribution in [0.15, 0.2) is 4.99 Å². The molecule has 1 amide bonds. The van der Waals surface area contributed by atoms with Crippen LogP contribution in [0.1, 0.15) is 59.3 Å². The van der Waals surface area contributed by atoms with Crippen LogP contribution in [0.4, 0.5) is 0 Å². The van der Waals surface area contributed by atoms with Gasteiger partial charge in [-0.25, -0.2) is 0 Å². The second-order valence-electron chi connectivity index (χ2n) is 8.86. The summed E-state index contributed by atoms with van der Waals surface area (Å²) in [4.78, 5) is 19.6. The van der Waals surface area contributed by atoms with Crippen molar-refractivity contribution in [3.63, 3.8) is 0 Å². The SMILES string of the molecule is CCNC(=NCC(CCO)CC(C)C)NC1CCC(C(=O)N2CCSCC2)CC1.I. The summed E-state index contributed by atoms with van der Waals surface area (Å²) in [6, 6.07) is 0.384. The zero-order valence-corrected chi connectivity index (χ0v) is 22.2. The smallest absolute Gasteiger partial charge is 0.225 e. The van der Waals surface area contributed by atoms with Gasteiger partial charge in [0.25, 0.3) is 0 Å². The minimum atomic E-state index is 0. The number of hydrogen-bond acceptors (Lipinski definition) is 4. The first-order chi connectivity index (χ1) is 14.0. The zero-order chi connectivity index (χ0) is 21.1. The summed E-state index contributed by atoms with van der Waals surface area (Å²) in [7, 11) is 0. The molecule has 1 aliphatic heterocycles. The molecule has 0 aromatic carbocycles. The van der Waals surface area contributed by atoms with Gasteiger partial charge in [0.1, 0.15) is 0 Å². The van der Waals surface area contributed by atoms with E-state index < -0.39 is 0 Å². The van der Waals surface area contributed by atoms with Gasteiger partial charge in [-0.3, -0.25) is 9.79 Å². The molecule has 2 rings (SSSR count). The van der Waals surface area contributed by atoms with Crippen molar-refractivity contribution < 1.29 is 9.90 Å². The molecule has 1 atom stereocenters. The van der Waals surface area contributed by atoms with Crippen molar-refractivity contribution in [2.75, 3.05) is 44.3 Å². The maximum absolute atomic E-state index is 12.8. The molecule has 1 saturated heterocycles. The van der Waals surface area contributed by atoms with Gasteiger partial charge in [0, 0.05) is 56.3 Å². The molecule has 2 aliphatic rings. The van der Waals surface area contributed by atoms with E-state index in [1.54, 1.807) is 0 Å². The first-order valence-corrected chi connectivity index (χ1v) is 12.7. The molecule has 0 bridgehead atoms. The molecular weight excluding hydrogens is 511 g/mol. The minimum absolute atomic E-state index is 0. The second-order valence-corrected chi connectivity index (χ2v) is 10.1. The third-order valence-corrected chi connectivity index (χ3v) is 6.88. The minimum Gasteiger partial charge on any atom is -0.396 e. The van der Waals surface area contributed by atoms with Crippen LogP contribution in [0.3, 0.4) is 0 Å². The molecule has 2 fully saturated rings. The molecule has 176 valence electrons. The second kappa shape index (κ2) is 15.6. The Morgan fingerprint density at radius 1 is 1.20 bits per heavy atom. The summed E-state index contributed by atoms with van der Waals surface area (Å²) in [6.07, 6.45) is 5.89. The molecule has 3 N–H and O–H groups in total. The summed E-state index contributed by atoms with van der Waals surface area (Å²) in [5.41, 5.74) is 0. The summed E-state index contributed by atoms with van der Waals surface area (Å²) < 4.78 is 0. The van der Waals surface area contributed by atoms with Gasteiger partial charge in [0.05, 0.1) is 0 Å². The van der Waals surface area contributed by atoms with E-state index in [2.05, 4.69) is 36.3 Å². The Balaban J connectivity index is 0.00000450. The first-order valence-electron chi connectivity index (χ1n) is 11.6. The van der Waals surface area contributed by atoms with Crippen LogP contribution in [0.5, 0.6) is 0 Å². The average Bonchev–Trinajstić information content (AvgIpc) is 2.72. The lowest BCUT2D eigenvalue weighted by molar-refractivity contribution is -0.136. The molecule has 1 saturated carbocycles. The van der Waals surface area contributed by atoms with Crippen molar-refractivity contribution in [3.8, 4) is 0 Å². The van der Waals surface area contributed by atoms with Gasteiger partial charge in [-0.05, 0) is 57.3 Å². The maximum atomic E-state index is 12.8. The van der Waals surface area contributed by atoms with E-state index in [1.165, 1.54) is 0 Å². The Labute approximate surface area is 204 Å². The van der Waals surface area contributed by atoms with Crippen LogP contribution in [0.25, 0.3) is 0 Å². The van der Waals surface area contributed by atoms with E-state index in [9.17, 15) is 9.90 Å². The predicted molar refractivity (Wildman–Crippen MR) is 139 cm³/mol. The van der Waals surface area contributed by atoms with E-state index in [-0.39, 0.29) is 36.5 Å². The van der Waals surface area contributed by atoms with E-state index >= 15 is 0 Å². The van der Waals surface area contributed by atoms with Gasteiger partial charge in [0.15, 0.2) is 5.96 Å². The quantitative estimate of drug-likeness (QED) is 0.232. The highest BCUT2D eigenvalue weighted by atomic mass is 127. The van der Waals surface area contributed by atoms with E-state index in [1.807, 2.05) is 11.8 Å². The van der Waals surface area contributed by atoms with Gasteiger partial charge < -0.3 is 20.6 Å². The molecule has 0 radical (unpaired) electrons. The molecule has 1 unspecified atom stereocenters. The fourth-order valence-electron chi connectivity index (χ4n) is 4.39. The number of aliphatic imine (C=N–C) groups is 1. The largest absolute Gasteiger partial charge is 0.396 e. The van der Waals surface area contributed by atoms with Crippen molar-refractivity contribution in [1.29, 1.82) is 0 Å². The van der Waals surface area contributed by atoms with Crippen molar-refractivity contribution in [1.82, 2.24) is 15.5 Å². The van der Waals surface area contributed by atoms with Crippen molar-refractivity contribution >= 4 is 47.6 Å². The van der Waals surface area contributed by atoms with Gasteiger partial charge in [0.2, 0.25) is 5.91 Å². The number of aliphatic hydroxyl groups is 1. The van der Waals surface area contributed by atoms with Crippen LogP contribution in [-0.2, 0) is 4.79 Å². The number of rotatable bonds is 9. The Bertz CT molecular complexity index is 507. The lowest BCUT2D eigenvalue weighted by Gasteiger charge is -2.34. The Morgan fingerprint density at radius 3 is 2.43 bits per heavy atom. The van der Waals surface area contributed by atoms with E-state index in [0.29, 0.717) is 23.8 Å². The summed E-state index contributed by atoms with van der Waals surface area (Å²) in [6.45, 7) is 10.2. The maximum Gasteiger partial charge on any atom is 0.225 e. The number of aliphatic hydroxyl groups excluding tert-OH is 1. The number of halogens is 1. The molecule has 0 aromatic rings. The molecule has 1 aliphatic carbocycles. The Hall–Kier alpha value is -0.220. The molecule has 0 aromatic heterocycles. The number of carbonyl (C=O) groups is 1.